The van der Waals surface area contributed by atoms with Gasteiger partial charge in [-0.15, -0.1) is 0 Å². The smallest absolute Gasteiger partial charge is 0.343 e. The van der Waals surface area contributed by atoms with E-state index in [1.165, 1.54) is 0 Å². The summed E-state index contributed by atoms with van der Waals surface area (Å²) in [6.45, 7) is 2.78. The average molecular weight is 399 g/mol. The second kappa shape index (κ2) is 8.17. The van der Waals surface area contributed by atoms with Gasteiger partial charge in [0.15, 0.2) is 0 Å². The van der Waals surface area contributed by atoms with Gasteiger partial charge in [-0.3, -0.25) is 0 Å². The Morgan fingerprint density at radius 1 is 1.00 bits per heavy atom. The molecule has 128 valence electrons. The number of hydrogen-bond donors (Lipinski definition) is 0. The first kappa shape index (κ1) is 17.5. The van der Waals surface area contributed by atoms with E-state index in [0.29, 0.717) is 17.9 Å². The van der Waals surface area contributed by atoms with Crippen molar-refractivity contribution < 1.29 is 14.3 Å². The maximum Gasteiger partial charge on any atom is 0.343 e. The summed E-state index contributed by atoms with van der Waals surface area (Å²) >= 11 is 3.45. The highest BCUT2D eigenvalue weighted by Crippen LogP contribution is 2.27. The Labute approximate surface area is 155 Å². The molecule has 3 aromatic carbocycles. The SMILES string of the molecule is CCCCOc1ccc(C(=O)Oc2ccc3ccccc3c2)cc1Br. The number of fused-ring (bicyclic) bond motifs is 1. The minimum absolute atomic E-state index is 0.393. The van der Waals surface area contributed by atoms with Crippen molar-refractivity contribution in [1.29, 1.82) is 0 Å². The van der Waals surface area contributed by atoms with Crippen LogP contribution in [0.4, 0.5) is 0 Å². The van der Waals surface area contributed by atoms with Crippen molar-refractivity contribution in [2.24, 2.45) is 0 Å². The molecule has 4 heteroatoms. The molecule has 3 rings (SSSR count). The number of carbonyl (C=O) groups is 1. The number of benzene rings is 3. The lowest BCUT2D eigenvalue weighted by molar-refractivity contribution is 0.0735. The number of hydrogen-bond acceptors (Lipinski definition) is 3. The van der Waals surface area contributed by atoms with Crippen LogP contribution in [0.2, 0.25) is 0 Å². The van der Waals surface area contributed by atoms with Gasteiger partial charge in [0.25, 0.3) is 0 Å². The van der Waals surface area contributed by atoms with Gasteiger partial charge in [0.05, 0.1) is 16.6 Å². The Morgan fingerprint density at radius 2 is 1.80 bits per heavy atom. The molecule has 0 heterocycles. The first-order valence-corrected chi connectivity index (χ1v) is 9.10. The summed E-state index contributed by atoms with van der Waals surface area (Å²) < 4.78 is 11.9. The van der Waals surface area contributed by atoms with E-state index in [1.807, 2.05) is 36.4 Å². The van der Waals surface area contributed by atoms with E-state index in [1.54, 1.807) is 24.3 Å². The van der Waals surface area contributed by atoms with Gasteiger partial charge in [-0.25, -0.2) is 4.79 Å². The summed E-state index contributed by atoms with van der Waals surface area (Å²) in [7, 11) is 0. The zero-order valence-corrected chi connectivity index (χ0v) is 15.6. The molecule has 3 aromatic rings. The molecule has 0 unspecified atom stereocenters. The van der Waals surface area contributed by atoms with E-state index in [9.17, 15) is 4.79 Å². The summed E-state index contributed by atoms with van der Waals surface area (Å²) in [5.74, 6) is 0.870. The van der Waals surface area contributed by atoms with Gasteiger partial charge < -0.3 is 9.47 Å². The minimum atomic E-state index is -0.393. The first-order chi connectivity index (χ1) is 12.2. The zero-order valence-electron chi connectivity index (χ0n) is 14.0. The predicted molar refractivity (Wildman–Crippen MR) is 103 cm³/mol. The quantitative estimate of drug-likeness (QED) is 0.290. The van der Waals surface area contributed by atoms with Crippen molar-refractivity contribution in [3.63, 3.8) is 0 Å². The van der Waals surface area contributed by atoms with E-state index in [2.05, 4.69) is 22.9 Å². The molecule has 3 nitrogen and oxygen atoms in total. The molecule has 0 bridgehead atoms. The third-order valence-electron chi connectivity index (χ3n) is 3.85. The molecule has 0 aliphatic carbocycles. The fourth-order valence-electron chi connectivity index (χ4n) is 2.47. The molecule has 0 amide bonds. The third kappa shape index (κ3) is 4.40. The van der Waals surface area contributed by atoms with Crippen LogP contribution >= 0.6 is 15.9 Å². The standard InChI is InChI=1S/C21H19BrO3/c1-2-3-12-24-20-11-9-17(14-19(20)22)21(23)25-18-10-8-15-6-4-5-7-16(15)13-18/h4-11,13-14H,2-3,12H2,1H3. The molecular weight excluding hydrogens is 380 g/mol. The van der Waals surface area contributed by atoms with E-state index >= 15 is 0 Å². The van der Waals surface area contributed by atoms with E-state index < -0.39 is 5.97 Å². The Kier molecular flexibility index (Phi) is 5.71. The van der Waals surface area contributed by atoms with E-state index in [-0.39, 0.29) is 0 Å². The van der Waals surface area contributed by atoms with Crippen LogP contribution in [0.15, 0.2) is 65.1 Å². The summed E-state index contributed by atoms with van der Waals surface area (Å²) in [4.78, 5) is 12.4. The second-order valence-electron chi connectivity index (χ2n) is 5.75. The van der Waals surface area contributed by atoms with Crippen LogP contribution in [-0.2, 0) is 0 Å². The monoisotopic (exact) mass is 398 g/mol. The van der Waals surface area contributed by atoms with Crippen LogP contribution in [-0.4, -0.2) is 12.6 Å². The summed E-state index contributed by atoms with van der Waals surface area (Å²) in [5, 5.41) is 2.15. The number of unbranched alkanes of at least 4 members (excludes halogenated alkanes) is 1. The molecule has 0 aromatic heterocycles. The molecule has 0 N–H and O–H groups in total. The van der Waals surface area contributed by atoms with Gasteiger partial charge in [-0.05, 0) is 63.5 Å². The van der Waals surface area contributed by atoms with Crippen LogP contribution in [0.1, 0.15) is 30.1 Å². The van der Waals surface area contributed by atoms with Gasteiger partial charge in [-0.2, -0.15) is 0 Å². The largest absolute Gasteiger partial charge is 0.492 e. The molecule has 0 aliphatic rings. The molecule has 0 fully saturated rings. The Hall–Kier alpha value is -2.33. The van der Waals surface area contributed by atoms with Gasteiger partial charge in [-0.1, -0.05) is 43.7 Å². The average Bonchev–Trinajstić information content (AvgIpc) is 2.63. The molecule has 0 saturated carbocycles. The number of ether oxygens (including phenoxy) is 2. The summed E-state index contributed by atoms with van der Waals surface area (Å²) in [6.07, 6.45) is 2.08. The zero-order chi connectivity index (χ0) is 17.6. The normalized spacial score (nSPS) is 10.6. The Morgan fingerprint density at radius 3 is 2.56 bits per heavy atom. The van der Waals surface area contributed by atoms with Crippen LogP contribution in [0.3, 0.4) is 0 Å². The number of rotatable bonds is 6. The topological polar surface area (TPSA) is 35.5 Å². The lowest BCUT2D eigenvalue weighted by atomic mass is 10.1. The summed E-state index contributed by atoms with van der Waals surface area (Å²) in [6, 6.07) is 18.8. The van der Waals surface area contributed by atoms with Crippen molar-refractivity contribution in [2.45, 2.75) is 19.8 Å². The fourth-order valence-corrected chi connectivity index (χ4v) is 2.96. The van der Waals surface area contributed by atoms with Gasteiger partial charge in [0.2, 0.25) is 0 Å². The number of halogens is 1. The highest BCUT2D eigenvalue weighted by molar-refractivity contribution is 9.10. The molecule has 0 atom stereocenters. The lowest BCUT2D eigenvalue weighted by Crippen LogP contribution is -2.08. The number of carbonyl (C=O) groups excluding carboxylic acids is 1. The van der Waals surface area contributed by atoms with Crippen molar-refractivity contribution in [3.8, 4) is 11.5 Å². The first-order valence-electron chi connectivity index (χ1n) is 8.30. The van der Waals surface area contributed by atoms with Gasteiger partial charge in [0.1, 0.15) is 11.5 Å². The molecule has 0 aliphatic heterocycles. The number of esters is 1. The van der Waals surface area contributed by atoms with Crippen LogP contribution in [0.25, 0.3) is 10.8 Å². The van der Waals surface area contributed by atoms with Gasteiger partial charge in [0, 0.05) is 0 Å². The highest BCUT2D eigenvalue weighted by atomic mass is 79.9. The Balaban J connectivity index is 1.72. The molecule has 25 heavy (non-hydrogen) atoms. The lowest BCUT2D eigenvalue weighted by Gasteiger charge is -2.10. The fraction of sp³-hybridized carbons (Fsp3) is 0.190. The summed E-state index contributed by atoms with van der Waals surface area (Å²) in [5.41, 5.74) is 0.475. The van der Waals surface area contributed by atoms with Crippen molar-refractivity contribution in [2.75, 3.05) is 6.61 Å². The molecule has 0 spiro atoms. The van der Waals surface area contributed by atoms with E-state index in [0.717, 1.165) is 33.8 Å². The second-order valence-corrected chi connectivity index (χ2v) is 6.60. The van der Waals surface area contributed by atoms with Gasteiger partial charge >= 0.3 is 5.97 Å². The predicted octanol–water partition coefficient (Wildman–Crippen LogP) is 6.00. The van der Waals surface area contributed by atoms with Crippen molar-refractivity contribution >= 4 is 32.7 Å². The van der Waals surface area contributed by atoms with E-state index in [4.69, 9.17) is 9.47 Å². The molecule has 0 radical (unpaired) electrons. The molecular formula is C21H19BrO3. The van der Waals surface area contributed by atoms with Crippen molar-refractivity contribution in [3.05, 3.63) is 70.7 Å². The maximum absolute atomic E-state index is 12.4. The van der Waals surface area contributed by atoms with Crippen LogP contribution < -0.4 is 9.47 Å². The molecule has 0 saturated heterocycles. The Bertz CT molecular complexity index is 889. The third-order valence-corrected chi connectivity index (χ3v) is 4.47. The highest BCUT2D eigenvalue weighted by Gasteiger charge is 2.12. The maximum atomic E-state index is 12.4. The minimum Gasteiger partial charge on any atom is -0.492 e. The van der Waals surface area contributed by atoms with Crippen LogP contribution in [0, 0.1) is 0 Å². The van der Waals surface area contributed by atoms with Crippen molar-refractivity contribution in [1.82, 2.24) is 0 Å². The van der Waals surface area contributed by atoms with Crippen LogP contribution in [0.5, 0.6) is 11.5 Å².